The largest absolute Gasteiger partial charge is 4.00 e. The van der Waals surface area contributed by atoms with Crippen molar-refractivity contribution in [1.82, 2.24) is 0 Å². The molecule has 0 N–H and O–H groups in total. The Morgan fingerprint density at radius 2 is 1.03 bits per heavy atom. The van der Waals surface area contributed by atoms with Gasteiger partial charge in [0, 0.05) is 0 Å². The van der Waals surface area contributed by atoms with E-state index in [4.69, 9.17) is 0 Å². The smallest absolute Gasteiger partial charge is 0.199 e. The number of benzene rings is 3. The van der Waals surface area contributed by atoms with Crippen LogP contribution >= 0.6 is 0 Å². The Hall–Kier alpha value is -2.67. The fourth-order valence-corrected chi connectivity index (χ4v) is 4.34. The van der Waals surface area contributed by atoms with E-state index < -0.39 is 0 Å². The van der Waals surface area contributed by atoms with E-state index in [1.807, 2.05) is 91.0 Å². The normalized spacial score (nSPS) is 11.1. The molecule has 0 aromatic heterocycles. The zero-order valence-electron chi connectivity index (χ0n) is 21.8. The molecule has 4 aromatic carbocycles. The summed E-state index contributed by atoms with van der Waals surface area (Å²) in [7, 11) is 0. The van der Waals surface area contributed by atoms with E-state index in [1.54, 1.807) is 27.8 Å². The molecule has 0 heterocycles. The van der Waals surface area contributed by atoms with E-state index in [2.05, 4.69) is 41.5 Å². The van der Waals surface area contributed by atoms with E-state index in [0.29, 0.717) is 0 Å². The van der Waals surface area contributed by atoms with Crippen LogP contribution in [0.1, 0.15) is 64.3 Å². The van der Waals surface area contributed by atoms with Gasteiger partial charge in [0.2, 0.25) is 0 Å². The van der Waals surface area contributed by atoms with Crippen LogP contribution in [0.5, 0.6) is 0 Å². The first-order chi connectivity index (χ1) is 16.4. The molecule has 0 fully saturated rings. The molecule has 0 spiro atoms. The Morgan fingerprint density at radius 3 is 1.31 bits per heavy atom. The topological polar surface area (TPSA) is 0 Å². The molecule has 180 valence electrons. The summed E-state index contributed by atoms with van der Waals surface area (Å²) in [5.41, 5.74) is 11.4. The number of fused-ring (bicyclic) bond motifs is 1. The van der Waals surface area contributed by atoms with Gasteiger partial charge in [-0.3, -0.25) is 0 Å². The van der Waals surface area contributed by atoms with Crippen molar-refractivity contribution in [2.75, 3.05) is 0 Å². The van der Waals surface area contributed by atoms with E-state index in [-0.39, 0.29) is 21.7 Å². The minimum Gasteiger partial charge on any atom is -0.199 e. The van der Waals surface area contributed by atoms with Crippen LogP contribution in [-0.2, 0) is 41.0 Å². The zero-order chi connectivity index (χ0) is 24.8. The average molecular weight is 497 g/mol. The van der Waals surface area contributed by atoms with Crippen molar-refractivity contribution in [2.24, 2.45) is 0 Å². The number of rotatable bonds is 1. The van der Waals surface area contributed by atoms with Gasteiger partial charge in [0.25, 0.3) is 0 Å². The summed E-state index contributed by atoms with van der Waals surface area (Å²) in [5.74, 6) is 0. The summed E-state index contributed by atoms with van der Waals surface area (Å²) >= 11 is 0. The molecule has 35 heavy (non-hydrogen) atoms. The molecule has 0 aliphatic heterocycles. The van der Waals surface area contributed by atoms with Gasteiger partial charge in [-0.15, -0.1) is 36.4 Å². The van der Waals surface area contributed by atoms with Crippen LogP contribution < -0.4 is 0 Å². The molecule has 0 saturated heterocycles. The first kappa shape index (κ1) is 30.4. The predicted molar refractivity (Wildman–Crippen MR) is 150 cm³/mol. The fraction of sp³-hybridized carbons (Fsp3) is 0.235. The molecule has 1 heteroatoms. The fourth-order valence-electron chi connectivity index (χ4n) is 4.34. The molecule has 0 nitrogen and oxygen atoms in total. The Labute approximate surface area is 230 Å². The van der Waals surface area contributed by atoms with Crippen molar-refractivity contribution < 1.29 is 21.7 Å². The second-order valence-electron chi connectivity index (χ2n) is 8.70. The standard InChI is InChI=1S/C13H19.3C7H7.Ti/c1-4-11-9(2)12-7-5-6-8-13(12)10(11)3;3*1-7-5-3-2-4-6-7;/h4-8H2,1-3H3;3*2-6H,1H2;/q4*-1;+4. The molecule has 0 bridgehead atoms. The maximum absolute atomic E-state index is 3.72. The molecule has 0 radical (unpaired) electrons. The SMILES string of the molecule is CCc1c(C)c2c([c-]1C)CCCC2.[CH2-]c1ccccc1.[CH2-]c1ccccc1.[CH2-]c1ccccc1.[Ti+4]. The maximum Gasteiger partial charge on any atom is 4.00 e. The number of hydrogen-bond acceptors (Lipinski definition) is 0. The summed E-state index contributed by atoms with van der Waals surface area (Å²) in [4.78, 5) is 0. The Morgan fingerprint density at radius 1 is 0.657 bits per heavy atom. The van der Waals surface area contributed by atoms with Gasteiger partial charge >= 0.3 is 21.7 Å². The molecular weight excluding hydrogens is 456 g/mol. The van der Waals surface area contributed by atoms with Crippen LogP contribution in [0, 0.1) is 34.6 Å². The summed E-state index contributed by atoms with van der Waals surface area (Å²) in [6, 6.07) is 29.6. The van der Waals surface area contributed by atoms with Crippen LogP contribution in [-0.4, -0.2) is 0 Å². The third kappa shape index (κ3) is 10.6. The quantitative estimate of drug-likeness (QED) is 0.182. The molecule has 5 rings (SSSR count). The minimum absolute atomic E-state index is 0. The third-order valence-electron chi connectivity index (χ3n) is 6.16. The molecule has 4 aromatic rings. The van der Waals surface area contributed by atoms with Crippen LogP contribution in [0.15, 0.2) is 91.0 Å². The molecule has 0 atom stereocenters. The monoisotopic (exact) mass is 496 g/mol. The van der Waals surface area contributed by atoms with Crippen molar-refractivity contribution in [3.63, 3.8) is 0 Å². The van der Waals surface area contributed by atoms with Crippen LogP contribution in [0.2, 0.25) is 0 Å². The Balaban J connectivity index is 0.000000243. The van der Waals surface area contributed by atoms with Crippen molar-refractivity contribution in [1.29, 1.82) is 0 Å². The van der Waals surface area contributed by atoms with E-state index in [9.17, 15) is 0 Å². The van der Waals surface area contributed by atoms with Crippen LogP contribution in [0.3, 0.4) is 0 Å². The van der Waals surface area contributed by atoms with Crippen LogP contribution in [0.4, 0.5) is 0 Å². The zero-order valence-corrected chi connectivity index (χ0v) is 23.4. The van der Waals surface area contributed by atoms with Gasteiger partial charge in [-0.1, -0.05) is 71.1 Å². The van der Waals surface area contributed by atoms with E-state index in [1.165, 1.54) is 32.1 Å². The van der Waals surface area contributed by atoms with E-state index in [0.717, 1.165) is 16.7 Å². The van der Waals surface area contributed by atoms with Gasteiger partial charge in [0.15, 0.2) is 0 Å². The van der Waals surface area contributed by atoms with Gasteiger partial charge in [-0.05, 0) is 0 Å². The van der Waals surface area contributed by atoms with Crippen molar-refractivity contribution in [3.8, 4) is 0 Å². The Kier molecular flexibility index (Phi) is 14.6. The molecule has 1 aliphatic carbocycles. The Bertz CT molecular complexity index is 941. The summed E-state index contributed by atoms with van der Waals surface area (Å²) in [6.07, 6.45) is 6.69. The minimum atomic E-state index is 0. The number of hydrogen-bond donors (Lipinski definition) is 0. The summed E-state index contributed by atoms with van der Waals surface area (Å²) < 4.78 is 0. The first-order valence-electron chi connectivity index (χ1n) is 12.3. The van der Waals surface area contributed by atoms with Gasteiger partial charge in [0.1, 0.15) is 0 Å². The van der Waals surface area contributed by atoms with Crippen molar-refractivity contribution in [3.05, 3.63) is 156 Å². The van der Waals surface area contributed by atoms with E-state index >= 15 is 0 Å². The van der Waals surface area contributed by atoms with Crippen molar-refractivity contribution >= 4 is 0 Å². The third-order valence-corrected chi connectivity index (χ3v) is 6.16. The second kappa shape index (κ2) is 16.9. The average Bonchev–Trinajstić information content (AvgIpc) is 3.11. The predicted octanol–water partition coefficient (Wildman–Crippen LogP) is 9.07. The maximum atomic E-state index is 3.72. The molecule has 1 aliphatic rings. The second-order valence-corrected chi connectivity index (χ2v) is 8.70. The molecular formula is C34H40Ti. The van der Waals surface area contributed by atoms with Crippen molar-refractivity contribution in [2.45, 2.75) is 52.9 Å². The molecule has 0 saturated carbocycles. The molecule has 0 unspecified atom stereocenters. The first-order valence-corrected chi connectivity index (χ1v) is 12.3. The van der Waals surface area contributed by atoms with Gasteiger partial charge in [-0.2, -0.15) is 102 Å². The summed E-state index contributed by atoms with van der Waals surface area (Å²) in [5, 5.41) is 0. The molecule has 0 amide bonds. The summed E-state index contributed by atoms with van der Waals surface area (Å²) in [6.45, 7) is 18.1. The van der Waals surface area contributed by atoms with Crippen LogP contribution in [0.25, 0.3) is 0 Å². The van der Waals surface area contributed by atoms with Gasteiger partial charge < -0.3 is 0 Å². The van der Waals surface area contributed by atoms with Gasteiger partial charge in [-0.25, -0.2) is 0 Å². The van der Waals surface area contributed by atoms with Gasteiger partial charge in [0.05, 0.1) is 0 Å².